The normalized spacial score (nSPS) is 16.7. The van der Waals surface area contributed by atoms with Crippen molar-refractivity contribution in [2.24, 2.45) is 10.8 Å². The van der Waals surface area contributed by atoms with Crippen molar-refractivity contribution in [3.63, 3.8) is 0 Å². The third-order valence-electron chi connectivity index (χ3n) is 5.38. The Hall–Kier alpha value is -2.08. The first kappa shape index (κ1) is 26.2. The molecule has 0 saturated carbocycles. The van der Waals surface area contributed by atoms with Crippen LogP contribution >= 0.6 is 0 Å². The van der Waals surface area contributed by atoms with E-state index in [1.165, 1.54) is 0 Å². The van der Waals surface area contributed by atoms with Crippen molar-refractivity contribution in [3.8, 4) is 0 Å². The first-order valence-electron chi connectivity index (χ1n) is 11.7. The fourth-order valence-corrected chi connectivity index (χ4v) is 3.97. The Bertz CT molecular complexity index is 784. The highest BCUT2D eigenvalue weighted by atomic mass is 16.5. The summed E-state index contributed by atoms with van der Waals surface area (Å²) in [5, 5.41) is 3.03. The molecule has 1 N–H and O–H groups in total. The molecule has 1 atom stereocenters. The van der Waals surface area contributed by atoms with Crippen LogP contribution in [0.2, 0.25) is 0 Å². The highest BCUT2D eigenvalue weighted by Crippen LogP contribution is 2.28. The maximum Gasteiger partial charge on any atom is 0.224 e. The van der Waals surface area contributed by atoms with Gasteiger partial charge in [-0.2, -0.15) is 0 Å². The minimum absolute atomic E-state index is 0.000994. The number of benzene rings is 1. The Morgan fingerprint density at radius 2 is 1.72 bits per heavy atom. The molecule has 6 nitrogen and oxygen atoms in total. The molecule has 0 spiro atoms. The van der Waals surface area contributed by atoms with Gasteiger partial charge in [0.15, 0.2) is 0 Å². The maximum absolute atomic E-state index is 13.2. The molecule has 1 fully saturated rings. The van der Waals surface area contributed by atoms with Crippen LogP contribution in [0.3, 0.4) is 0 Å². The monoisotopic (exact) mass is 445 g/mol. The summed E-state index contributed by atoms with van der Waals surface area (Å²) in [5.41, 5.74) is 2.66. The number of carbonyl (C=O) groups is 2. The van der Waals surface area contributed by atoms with Crippen LogP contribution < -0.4 is 10.2 Å². The van der Waals surface area contributed by atoms with Gasteiger partial charge in [0.1, 0.15) is 0 Å². The Kier molecular flexibility index (Phi) is 8.74. The van der Waals surface area contributed by atoms with Crippen LogP contribution in [0.5, 0.6) is 0 Å². The number of amides is 2. The van der Waals surface area contributed by atoms with E-state index in [9.17, 15) is 9.59 Å². The van der Waals surface area contributed by atoms with E-state index in [1.807, 2.05) is 37.2 Å². The van der Waals surface area contributed by atoms with Gasteiger partial charge in [0.2, 0.25) is 11.8 Å². The summed E-state index contributed by atoms with van der Waals surface area (Å²) in [4.78, 5) is 29.7. The first-order chi connectivity index (χ1) is 14.7. The van der Waals surface area contributed by atoms with Crippen molar-refractivity contribution in [1.29, 1.82) is 0 Å². The first-order valence-corrected chi connectivity index (χ1v) is 11.7. The van der Waals surface area contributed by atoms with Crippen LogP contribution in [0, 0.1) is 10.8 Å². The standard InChI is InChI=1S/C26H43N3O3/c1-25(2,3)15-23(30)27-20-11-12-22(28(7)8)19(14-20)17-29(18-21-10-9-13-32-21)24(31)16-26(4,5)6/h11-12,14,21H,9-10,13,15-18H2,1-8H3,(H,27,30)/t21-/m1/s1. The molecule has 32 heavy (non-hydrogen) atoms. The van der Waals surface area contributed by atoms with Crippen molar-refractivity contribution in [1.82, 2.24) is 4.90 Å². The summed E-state index contributed by atoms with van der Waals surface area (Å²) in [6.07, 6.45) is 3.07. The van der Waals surface area contributed by atoms with Gasteiger partial charge < -0.3 is 19.9 Å². The Balaban J connectivity index is 2.28. The number of hydrogen-bond donors (Lipinski definition) is 1. The zero-order valence-electron chi connectivity index (χ0n) is 21.4. The molecular formula is C26H43N3O3. The predicted molar refractivity (Wildman–Crippen MR) is 132 cm³/mol. The van der Waals surface area contributed by atoms with Gasteiger partial charge in [0, 0.05) is 58.0 Å². The molecular weight excluding hydrogens is 402 g/mol. The van der Waals surface area contributed by atoms with E-state index < -0.39 is 0 Å². The summed E-state index contributed by atoms with van der Waals surface area (Å²) < 4.78 is 5.84. The smallest absolute Gasteiger partial charge is 0.224 e. The van der Waals surface area contributed by atoms with Gasteiger partial charge >= 0.3 is 0 Å². The van der Waals surface area contributed by atoms with E-state index in [1.54, 1.807) is 0 Å². The predicted octanol–water partition coefficient (Wildman–Crippen LogP) is 5.07. The lowest BCUT2D eigenvalue weighted by atomic mass is 9.91. The summed E-state index contributed by atoms with van der Waals surface area (Å²) >= 11 is 0. The van der Waals surface area contributed by atoms with Crippen LogP contribution in [0.1, 0.15) is 72.8 Å². The maximum atomic E-state index is 13.2. The lowest BCUT2D eigenvalue weighted by Crippen LogP contribution is -2.38. The summed E-state index contributed by atoms with van der Waals surface area (Å²) in [7, 11) is 4.00. The van der Waals surface area contributed by atoms with Crippen molar-refractivity contribution in [2.45, 2.75) is 79.9 Å². The number of hydrogen-bond acceptors (Lipinski definition) is 4. The second kappa shape index (κ2) is 10.7. The van der Waals surface area contributed by atoms with E-state index in [0.717, 1.165) is 36.4 Å². The van der Waals surface area contributed by atoms with Crippen LogP contribution in [-0.2, 0) is 20.9 Å². The number of anilines is 2. The van der Waals surface area contributed by atoms with Crippen molar-refractivity contribution < 1.29 is 14.3 Å². The summed E-state index contributed by atoms with van der Waals surface area (Å²) in [6.45, 7) is 14.3. The Morgan fingerprint density at radius 3 is 2.25 bits per heavy atom. The third-order valence-corrected chi connectivity index (χ3v) is 5.38. The second-order valence-electron chi connectivity index (χ2n) is 11.7. The zero-order chi connectivity index (χ0) is 24.1. The molecule has 2 rings (SSSR count). The summed E-state index contributed by atoms with van der Waals surface area (Å²) in [5.74, 6) is 0.140. The molecule has 2 amide bonds. The molecule has 1 aliphatic heterocycles. The molecule has 0 aliphatic carbocycles. The van der Waals surface area contributed by atoms with E-state index in [-0.39, 0.29) is 28.7 Å². The molecule has 180 valence electrons. The topological polar surface area (TPSA) is 61.9 Å². The van der Waals surface area contributed by atoms with E-state index in [4.69, 9.17) is 4.74 Å². The number of carbonyl (C=O) groups excluding carboxylic acids is 2. The highest BCUT2D eigenvalue weighted by molar-refractivity contribution is 5.91. The number of ether oxygens (including phenoxy) is 1. The van der Waals surface area contributed by atoms with Crippen LogP contribution in [0.4, 0.5) is 11.4 Å². The fourth-order valence-electron chi connectivity index (χ4n) is 3.97. The average Bonchev–Trinajstić information content (AvgIpc) is 3.11. The molecule has 0 bridgehead atoms. The van der Waals surface area contributed by atoms with Crippen molar-refractivity contribution in [2.75, 3.05) is 37.5 Å². The lowest BCUT2D eigenvalue weighted by Gasteiger charge is -2.30. The van der Waals surface area contributed by atoms with Gasteiger partial charge in [-0.3, -0.25) is 9.59 Å². The number of rotatable bonds is 8. The lowest BCUT2D eigenvalue weighted by molar-refractivity contribution is -0.135. The molecule has 0 unspecified atom stereocenters. The Morgan fingerprint density at radius 1 is 1.06 bits per heavy atom. The van der Waals surface area contributed by atoms with Crippen molar-refractivity contribution >= 4 is 23.2 Å². The highest BCUT2D eigenvalue weighted by Gasteiger charge is 2.27. The number of nitrogens with one attached hydrogen (secondary N) is 1. The molecule has 1 aromatic carbocycles. The van der Waals surface area contributed by atoms with E-state index in [2.05, 4.69) is 51.8 Å². The largest absolute Gasteiger partial charge is 0.377 e. The van der Waals surface area contributed by atoms with E-state index >= 15 is 0 Å². The quantitative estimate of drug-likeness (QED) is 0.607. The molecule has 1 saturated heterocycles. The minimum Gasteiger partial charge on any atom is -0.377 e. The Labute approximate surface area is 194 Å². The molecule has 1 aliphatic rings. The fraction of sp³-hybridized carbons (Fsp3) is 0.692. The number of nitrogens with zero attached hydrogens (tertiary/aromatic N) is 2. The van der Waals surface area contributed by atoms with Crippen LogP contribution in [0.15, 0.2) is 18.2 Å². The van der Waals surface area contributed by atoms with Crippen LogP contribution in [0.25, 0.3) is 0 Å². The average molecular weight is 446 g/mol. The SMILES string of the molecule is CN(C)c1ccc(NC(=O)CC(C)(C)C)cc1CN(C[C@H]1CCCO1)C(=O)CC(C)(C)C. The molecule has 1 aromatic rings. The van der Waals surface area contributed by atoms with Crippen molar-refractivity contribution in [3.05, 3.63) is 23.8 Å². The minimum atomic E-state index is -0.0843. The van der Waals surface area contributed by atoms with Gasteiger partial charge in [0.05, 0.1) is 6.10 Å². The van der Waals surface area contributed by atoms with Gasteiger partial charge in [-0.1, -0.05) is 41.5 Å². The van der Waals surface area contributed by atoms with Gasteiger partial charge in [-0.25, -0.2) is 0 Å². The van der Waals surface area contributed by atoms with Crippen LogP contribution in [-0.4, -0.2) is 50.1 Å². The van der Waals surface area contributed by atoms with Gasteiger partial charge in [-0.05, 0) is 47.4 Å². The zero-order valence-corrected chi connectivity index (χ0v) is 21.4. The van der Waals surface area contributed by atoms with Gasteiger partial charge in [0.25, 0.3) is 0 Å². The van der Waals surface area contributed by atoms with E-state index in [0.29, 0.717) is 25.9 Å². The summed E-state index contributed by atoms with van der Waals surface area (Å²) in [6, 6.07) is 5.95. The second-order valence-corrected chi connectivity index (χ2v) is 11.7. The third kappa shape index (κ3) is 8.81. The van der Waals surface area contributed by atoms with Gasteiger partial charge in [-0.15, -0.1) is 0 Å². The molecule has 0 radical (unpaired) electrons. The molecule has 6 heteroatoms. The molecule has 0 aromatic heterocycles. The molecule has 1 heterocycles.